The second-order valence-electron chi connectivity index (χ2n) is 4.56. The van der Waals surface area contributed by atoms with Crippen molar-refractivity contribution in [1.29, 1.82) is 0 Å². The Kier molecular flexibility index (Phi) is 3.70. The number of benzene rings is 2. The minimum atomic E-state index is -0.0329. The molecule has 3 heteroatoms. The van der Waals surface area contributed by atoms with Crippen molar-refractivity contribution >= 4 is 6.08 Å². The summed E-state index contributed by atoms with van der Waals surface area (Å²) in [6.07, 6.45) is 4.09. The van der Waals surface area contributed by atoms with Crippen LogP contribution in [0.2, 0.25) is 0 Å². The third-order valence-corrected chi connectivity index (χ3v) is 3.16. The van der Waals surface area contributed by atoms with Gasteiger partial charge in [0.25, 0.3) is 0 Å². The first-order valence-electron chi connectivity index (χ1n) is 6.52. The van der Waals surface area contributed by atoms with Crippen LogP contribution < -0.4 is 9.47 Å². The Hall–Kier alpha value is -2.26. The van der Waals surface area contributed by atoms with E-state index in [0.717, 1.165) is 22.6 Å². The van der Waals surface area contributed by atoms with Crippen molar-refractivity contribution in [3.63, 3.8) is 0 Å². The van der Waals surface area contributed by atoms with E-state index in [-0.39, 0.29) is 12.9 Å². The van der Waals surface area contributed by atoms with Gasteiger partial charge in [0.2, 0.25) is 0 Å². The van der Waals surface area contributed by atoms with Crippen molar-refractivity contribution in [2.24, 2.45) is 0 Å². The maximum absolute atomic E-state index is 6.00. The molecule has 1 aliphatic rings. The zero-order valence-corrected chi connectivity index (χ0v) is 11.3. The lowest BCUT2D eigenvalue weighted by Gasteiger charge is -2.22. The summed E-state index contributed by atoms with van der Waals surface area (Å²) in [6.45, 7) is 0.246. The SMILES string of the molecule is COCOc1ccc2c(c1)C=CC(c1ccccc1)O2. The molecule has 1 unspecified atom stereocenters. The standard InChI is InChI=1S/C17H16O3/c1-18-12-19-15-8-10-17-14(11-15)7-9-16(20-17)13-5-3-2-4-6-13/h2-11,16H,12H2,1H3. The molecule has 0 saturated carbocycles. The minimum absolute atomic E-state index is 0.0329. The minimum Gasteiger partial charge on any atom is -0.481 e. The van der Waals surface area contributed by atoms with E-state index in [1.807, 2.05) is 36.4 Å². The monoisotopic (exact) mass is 268 g/mol. The first-order chi connectivity index (χ1) is 9.86. The van der Waals surface area contributed by atoms with Crippen molar-refractivity contribution in [2.45, 2.75) is 6.10 Å². The molecule has 0 fully saturated rings. The highest BCUT2D eigenvalue weighted by Crippen LogP contribution is 2.34. The Bertz CT molecular complexity index is 605. The molecule has 2 aromatic carbocycles. The molecule has 0 aromatic heterocycles. The van der Waals surface area contributed by atoms with Gasteiger partial charge in [-0.1, -0.05) is 36.4 Å². The molecule has 1 heterocycles. The summed E-state index contributed by atoms with van der Waals surface area (Å²) in [5.41, 5.74) is 2.17. The average molecular weight is 268 g/mol. The smallest absolute Gasteiger partial charge is 0.188 e. The topological polar surface area (TPSA) is 27.7 Å². The van der Waals surface area contributed by atoms with Crippen LogP contribution in [-0.4, -0.2) is 13.9 Å². The summed E-state index contributed by atoms with van der Waals surface area (Å²) in [5, 5.41) is 0. The highest BCUT2D eigenvalue weighted by Gasteiger charge is 2.16. The van der Waals surface area contributed by atoms with Crippen LogP contribution in [0.3, 0.4) is 0 Å². The molecule has 1 aliphatic heterocycles. The summed E-state index contributed by atoms with van der Waals surface area (Å²) in [4.78, 5) is 0. The van der Waals surface area contributed by atoms with Gasteiger partial charge < -0.3 is 14.2 Å². The van der Waals surface area contributed by atoms with Gasteiger partial charge in [-0.05, 0) is 29.8 Å². The molecular weight excluding hydrogens is 252 g/mol. The van der Waals surface area contributed by atoms with E-state index in [0.29, 0.717) is 0 Å². The molecule has 0 spiro atoms. The van der Waals surface area contributed by atoms with Crippen molar-refractivity contribution in [3.05, 3.63) is 65.7 Å². The zero-order chi connectivity index (χ0) is 13.8. The van der Waals surface area contributed by atoms with Gasteiger partial charge in [-0.2, -0.15) is 0 Å². The van der Waals surface area contributed by atoms with Crippen molar-refractivity contribution in [2.75, 3.05) is 13.9 Å². The third kappa shape index (κ3) is 2.68. The van der Waals surface area contributed by atoms with Crippen LogP contribution in [0.25, 0.3) is 6.08 Å². The summed E-state index contributed by atoms with van der Waals surface area (Å²) in [6, 6.07) is 15.9. The van der Waals surface area contributed by atoms with Crippen LogP contribution in [0.5, 0.6) is 11.5 Å². The van der Waals surface area contributed by atoms with Gasteiger partial charge in [0.1, 0.15) is 17.6 Å². The molecule has 0 saturated heterocycles. The Balaban J connectivity index is 1.80. The second-order valence-corrected chi connectivity index (χ2v) is 4.56. The first-order valence-corrected chi connectivity index (χ1v) is 6.52. The summed E-state index contributed by atoms with van der Waals surface area (Å²) >= 11 is 0. The maximum Gasteiger partial charge on any atom is 0.188 e. The van der Waals surface area contributed by atoms with E-state index in [9.17, 15) is 0 Å². The summed E-state index contributed by atoms with van der Waals surface area (Å²) in [7, 11) is 1.60. The van der Waals surface area contributed by atoms with E-state index in [1.54, 1.807) is 7.11 Å². The molecule has 0 aliphatic carbocycles. The normalized spacial score (nSPS) is 16.4. The lowest BCUT2D eigenvalue weighted by atomic mass is 10.0. The van der Waals surface area contributed by atoms with Gasteiger partial charge in [0, 0.05) is 12.7 Å². The Labute approximate surface area is 118 Å². The number of hydrogen-bond donors (Lipinski definition) is 0. The number of hydrogen-bond acceptors (Lipinski definition) is 3. The molecule has 102 valence electrons. The van der Waals surface area contributed by atoms with Crippen LogP contribution in [0.15, 0.2) is 54.6 Å². The third-order valence-electron chi connectivity index (χ3n) is 3.16. The van der Waals surface area contributed by atoms with Gasteiger partial charge in [-0.3, -0.25) is 0 Å². The fourth-order valence-corrected chi connectivity index (χ4v) is 2.17. The molecule has 20 heavy (non-hydrogen) atoms. The van der Waals surface area contributed by atoms with Crippen LogP contribution in [-0.2, 0) is 4.74 Å². The molecular formula is C17H16O3. The van der Waals surface area contributed by atoms with E-state index in [1.165, 1.54) is 0 Å². The molecule has 0 radical (unpaired) electrons. The quantitative estimate of drug-likeness (QED) is 0.789. The fourth-order valence-electron chi connectivity index (χ4n) is 2.17. The predicted molar refractivity (Wildman–Crippen MR) is 77.8 cm³/mol. The number of ether oxygens (including phenoxy) is 3. The predicted octanol–water partition coefficient (Wildman–Crippen LogP) is 3.82. The van der Waals surface area contributed by atoms with Crippen LogP contribution in [0, 0.1) is 0 Å². The highest BCUT2D eigenvalue weighted by atomic mass is 16.7. The van der Waals surface area contributed by atoms with E-state index < -0.39 is 0 Å². The van der Waals surface area contributed by atoms with Gasteiger partial charge in [0.15, 0.2) is 6.79 Å². The molecule has 0 N–H and O–H groups in total. The lowest BCUT2D eigenvalue weighted by molar-refractivity contribution is 0.0510. The number of methoxy groups -OCH3 is 1. The van der Waals surface area contributed by atoms with Crippen LogP contribution in [0.1, 0.15) is 17.2 Å². The molecule has 3 rings (SSSR count). The maximum atomic E-state index is 6.00. The molecule has 3 nitrogen and oxygen atoms in total. The van der Waals surface area contributed by atoms with Gasteiger partial charge in [-0.25, -0.2) is 0 Å². The number of fused-ring (bicyclic) bond motifs is 1. The van der Waals surface area contributed by atoms with Crippen LogP contribution in [0.4, 0.5) is 0 Å². The molecule has 2 aromatic rings. The van der Waals surface area contributed by atoms with Crippen molar-refractivity contribution in [1.82, 2.24) is 0 Å². The largest absolute Gasteiger partial charge is 0.481 e. The van der Waals surface area contributed by atoms with Crippen LogP contribution >= 0.6 is 0 Å². The molecule has 0 amide bonds. The Morgan fingerprint density at radius 3 is 2.75 bits per heavy atom. The molecule has 0 bridgehead atoms. The first kappa shape index (κ1) is 12.8. The van der Waals surface area contributed by atoms with E-state index >= 15 is 0 Å². The van der Waals surface area contributed by atoms with Crippen molar-refractivity contribution < 1.29 is 14.2 Å². The Morgan fingerprint density at radius 2 is 1.95 bits per heavy atom. The van der Waals surface area contributed by atoms with Gasteiger partial charge >= 0.3 is 0 Å². The number of rotatable bonds is 4. The second kappa shape index (κ2) is 5.80. The summed E-state index contributed by atoms with van der Waals surface area (Å²) in [5.74, 6) is 1.64. The zero-order valence-electron chi connectivity index (χ0n) is 11.3. The lowest BCUT2D eigenvalue weighted by Crippen LogP contribution is -2.09. The van der Waals surface area contributed by atoms with E-state index in [4.69, 9.17) is 14.2 Å². The van der Waals surface area contributed by atoms with E-state index in [2.05, 4.69) is 24.3 Å². The van der Waals surface area contributed by atoms with Gasteiger partial charge in [-0.15, -0.1) is 0 Å². The highest BCUT2D eigenvalue weighted by molar-refractivity contribution is 5.62. The Morgan fingerprint density at radius 1 is 1.10 bits per heavy atom. The fraction of sp³-hybridized carbons (Fsp3) is 0.176. The summed E-state index contributed by atoms with van der Waals surface area (Å²) < 4.78 is 16.3. The molecule has 1 atom stereocenters. The average Bonchev–Trinajstić information content (AvgIpc) is 2.53. The van der Waals surface area contributed by atoms with Gasteiger partial charge in [0.05, 0.1) is 0 Å². The van der Waals surface area contributed by atoms with Crippen molar-refractivity contribution in [3.8, 4) is 11.5 Å².